The predicted molar refractivity (Wildman–Crippen MR) is 81.6 cm³/mol. The molecule has 0 bridgehead atoms. The third kappa shape index (κ3) is 2.69. The van der Waals surface area contributed by atoms with Gasteiger partial charge in [0.05, 0.1) is 0 Å². The highest BCUT2D eigenvalue weighted by Gasteiger charge is 2.51. The number of carbonyl (C=O) groups is 2. The van der Waals surface area contributed by atoms with Crippen LogP contribution in [0.4, 0.5) is 0 Å². The number of amides is 2. The number of piperazine rings is 1. The summed E-state index contributed by atoms with van der Waals surface area (Å²) in [5, 5.41) is 3.10. The lowest BCUT2D eigenvalue weighted by Crippen LogP contribution is -2.71. The molecule has 0 aromatic rings. The van der Waals surface area contributed by atoms with E-state index in [0.29, 0.717) is 12.3 Å². The van der Waals surface area contributed by atoms with E-state index in [-0.39, 0.29) is 17.9 Å². The van der Waals surface area contributed by atoms with Crippen LogP contribution in [0.25, 0.3) is 0 Å². The molecule has 118 valence electrons. The van der Waals surface area contributed by atoms with Gasteiger partial charge in [-0.1, -0.05) is 33.1 Å². The van der Waals surface area contributed by atoms with Crippen molar-refractivity contribution < 1.29 is 9.59 Å². The average molecular weight is 292 g/mol. The molecule has 2 saturated carbocycles. The molecule has 21 heavy (non-hydrogen) atoms. The van der Waals surface area contributed by atoms with E-state index in [2.05, 4.69) is 12.2 Å². The van der Waals surface area contributed by atoms with Crippen LogP contribution < -0.4 is 5.32 Å². The molecule has 3 fully saturated rings. The van der Waals surface area contributed by atoms with Crippen molar-refractivity contribution >= 4 is 11.8 Å². The maximum absolute atomic E-state index is 13.1. The number of hydrogen-bond donors (Lipinski definition) is 1. The van der Waals surface area contributed by atoms with E-state index < -0.39 is 5.54 Å². The smallest absolute Gasteiger partial charge is 0.249 e. The topological polar surface area (TPSA) is 49.4 Å². The first kappa shape index (κ1) is 14.9. The second-order valence-corrected chi connectivity index (χ2v) is 7.33. The first-order valence-electron chi connectivity index (χ1n) is 8.70. The number of hydrogen-bond acceptors (Lipinski definition) is 2. The Morgan fingerprint density at radius 3 is 2.48 bits per heavy atom. The Balaban J connectivity index is 1.81. The highest BCUT2D eigenvalue weighted by atomic mass is 16.2. The lowest BCUT2D eigenvalue weighted by molar-refractivity contribution is -0.157. The molecule has 3 rings (SSSR count). The predicted octanol–water partition coefficient (Wildman–Crippen LogP) is 2.47. The standard InChI is InChI=1S/C17H28N2O2/c1-3-14-15(20)18-17(9-5-4-6-10-17)16(21)19(14)11-12(2)13-7-8-13/h12-14H,3-11H2,1-2H3,(H,18,20). The van der Waals surface area contributed by atoms with E-state index in [1.165, 1.54) is 19.3 Å². The van der Waals surface area contributed by atoms with Crippen LogP contribution in [-0.4, -0.2) is 34.8 Å². The molecule has 3 aliphatic rings. The van der Waals surface area contributed by atoms with Crippen LogP contribution in [0.3, 0.4) is 0 Å². The van der Waals surface area contributed by atoms with Gasteiger partial charge in [0.25, 0.3) is 0 Å². The van der Waals surface area contributed by atoms with Crippen molar-refractivity contribution in [2.24, 2.45) is 11.8 Å². The second-order valence-electron chi connectivity index (χ2n) is 7.33. The van der Waals surface area contributed by atoms with Crippen LogP contribution in [0.2, 0.25) is 0 Å². The lowest BCUT2D eigenvalue weighted by atomic mass is 9.78. The normalized spacial score (nSPS) is 30.4. The molecule has 1 saturated heterocycles. The molecule has 2 aliphatic carbocycles. The van der Waals surface area contributed by atoms with Gasteiger partial charge in [-0.2, -0.15) is 0 Å². The molecule has 0 aromatic carbocycles. The molecular formula is C17H28N2O2. The zero-order valence-corrected chi connectivity index (χ0v) is 13.4. The van der Waals surface area contributed by atoms with E-state index in [0.717, 1.165) is 38.1 Å². The molecule has 2 atom stereocenters. The summed E-state index contributed by atoms with van der Waals surface area (Å²) in [5.41, 5.74) is -0.579. The minimum Gasteiger partial charge on any atom is -0.340 e. The average Bonchev–Trinajstić information content (AvgIpc) is 3.30. The summed E-state index contributed by atoms with van der Waals surface area (Å²) in [6.07, 6.45) is 8.22. The fourth-order valence-corrected chi connectivity index (χ4v) is 4.17. The van der Waals surface area contributed by atoms with Gasteiger partial charge in [-0.25, -0.2) is 0 Å². The molecular weight excluding hydrogens is 264 g/mol. The summed E-state index contributed by atoms with van der Waals surface area (Å²) in [6.45, 7) is 5.00. The van der Waals surface area contributed by atoms with E-state index in [1.54, 1.807) is 0 Å². The Hall–Kier alpha value is -1.06. The Labute approximate surface area is 127 Å². The summed E-state index contributed by atoms with van der Waals surface area (Å²) in [5.74, 6) is 1.56. The molecule has 1 heterocycles. The van der Waals surface area contributed by atoms with Gasteiger partial charge < -0.3 is 10.2 Å². The first-order valence-corrected chi connectivity index (χ1v) is 8.70. The minimum atomic E-state index is -0.579. The maximum Gasteiger partial charge on any atom is 0.249 e. The molecule has 0 aromatic heterocycles. The van der Waals surface area contributed by atoms with E-state index in [1.807, 2.05) is 11.8 Å². The molecule has 0 radical (unpaired) electrons. The summed E-state index contributed by atoms with van der Waals surface area (Å²) in [6, 6.07) is -0.258. The summed E-state index contributed by atoms with van der Waals surface area (Å²) in [7, 11) is 0. The van der Waals surface area contributed by atoms with Gasteiger partial charge >= 0.3 is 0 Å². The Morgan fingerprint density at radius 1 is 1.24 bits per heavy atom. The molecule has 2 unspecified atom stereocenters. The van der Waals surface area contributed by atoms with Crippen LogP contribution in [0.1, 0.15) is 65.2 Å². The number of rotatable bonds is 4. The summed E-state index contributed by atoms with van der Waals surface area (Å²) in [4.78, 5) is 27.5. The van der Waals surface area contributed by atoms with Crippen molar-refractivity contribution in [1.82, 2.24) is 10.2 Å². The SMILES string of the molecule is CCC1C(=O)NC2(CCCCC2)C(=O)N1CC(C)C1CC1. The largest absolute Gasteiger partial charge is 0.340 e. The highest BCUT2D eigenvalue weighted by molar-refractivity contribution is 5.99. The van der Waals surface area contributed by atoms with Gasteiger partial charge in [0.1, 0.15) is 11.6 Å². The zero-order valence-electron chi connectivity index (χ0n) is 13.4. The molecule has 1 spiro atoms. The van der Waals surface area contributed by atoms with Crippen molar-refractivity contribution in [2.75, 3.05) is 6.54 Å². The van der Waals surface area contributed by atoms with E-state index in [9.17, 15) is 9.59 Å². The third-order valence-corrected chi connectivity index (χ3v) is 5.72. The molecule has 4 heteroatoms. The zero-order chi connectivity index (χ0) is 15.0. The van der Waals surface area contributed by atoms with Crippen LogP contribution in [0.15, 0.2) is 0 Å². The van der Waals surface area contributed by atoms with Crippen LogP contribution in [0, 0.1) is 11.8 Å². The fraction of sp³-hybridized carbons (Fsp3) is 0.882. The summed E-state index contributed by atoms with van der Waals surface area (Å²) >= 11 is 0. The van der Waals surface area contributed by atoms with E-state index in [4.69, 9.17) is 0 Å². The lowest BCUT2D eigenvalue weighted by Gasteiger charge is -2.48. The van der Waals surface area contributed by atoms with Gasteiger partial charge in [0, 0.05) is 6.54 Å². The van der Waals surface area contributed by atoms with Crippen molar-refractivity contribution in [3.05, 3.63) is 0 Å². The third-order valence-electron chi connectivity index (χ3n) is 5.72. The molecule has 1 N–H and O–H groups in total. The van der Waals surface area contributed by atoms with Crippen molar-refractivity contribution in [3.63, 3.8) is 0 Å². The van der Waals surface area contributed by atoms with Crippen molar-refractivity contribution in [3.8, 4) is 0 Å². The van der Waals surface area contributed by atoms with Gasteiger partial charge in [0.2, 0.25) is 11.8 Å². The Bertz CT molecular complexity index is 425. The molecule has 2 amide bonds. The van der Waals surface area contributed by atoms with Crippen LogP contribution in [0.5, 0.6) is 0 Å². The maximum atomic E-state index is 13.1. The van der Waals surface area contributed by atoms with Gasteiger partial charge in [0.15, 0.2) is 0 Å². The van der Waals surface area contributed by atoms with Gasteiger partial charge in [-0.15, -0.1) is 0 Å². The van der Waals surface area contributed by atoms with Crippen LogP contribution in [-0.2, 0) is 9.59 Å². The Morgan fingerprint density at radius 2 is 1.90 bits per heavy atom. The van der Waals surface area contributed by atoms with E-state index >= 15 is 0 Å². The Kier molecular flexibility index (Phi) is 3.98. The fourth-order valence-electron chi connectivity index (χ4n) is 4.17. The quantitative estimate of drug-likeness (QED) is 0.865. The number of carbonyl (C=O) groups excluding carboxylic acids is 2. The van der Waals surface area contributed by atoms with Crippen molar-refractivity contribution in [2.45, 2.75) is 76.8 Å². The first-order chi connectivity index (χ1) is 10.1. The highest BCUT2D eigenvalue weighted by Crippen LogP contribution is 2.39. The van der Waals surface area contributed by atoms with Gasteiger partial charge in [-0.3, -0.25) is 9.59 Å². The minimum absolute atomic E-state index is 0.0713. The molecule has 1 aliphatic heterocycles. The summed E-state index contributed by atoms with van der Waals surface area (Å²) < 4.78 is 0. The molecule has 4 nitrogen and oxygen atoms in total. The number of nitrogens with zero attached hydrogens (tertiary/aromatic N) is 1. The monoisotopic (exact) mass is 292 g/mol. The number of nitrogens with one attached hydrogen (secondary N) is 1. The van der Waals surface area contributed by atoms with Crippen molar-refractivity contribution in [1.29, 1.82) is 0 Å². The van der Waals surface area contributed by atoms with Gasteiger partial charge in [-0.05, 0) is 43.9 Å². The second kappa shape index (κ2) is 5.62. The van der Waals surface area contributed by atoms with Crippen LogP contribution >= 0.6 is 0 Å².